The summed E-state index contributed by atoms with van der Waals surface area (Å²) in [6.07, 6.45) is 1.50. The zero-order valence-corrected chi connectivity index (χ0v) is 16.1. The minimum Gasteiger partial charge on any atom is -0.433 e. The second-order valence-electron chi connectivity index (χ2n) is 6.28. The molecule has 0 bridgehead atoms. The fourth-order valence-corrected chi connectivity index (χ4v) is 2.74. The zero-order chi connectivity index (χ0) is 21.6. The van der Waals surface area contributed by atoms with Gasteiger partial charge in [-0.25, -0.2) is 4.79 Å². The zero-order valence-electron chi connectivity index (χ0n) is 16.1. The van der Waals surface area contributed by atoms with Gasteiger partial charge in [0.2, 0.25) is 5.91 Å². The number of hydrogen-bond donors (Lipinski definition) is 3. The maximum atomic E-state index is 12.5. The van der Waals surface area contributed by atoms with E-state index in [-0.39, 0.29) is 29.5 Å². The Hall–Kier alpha value is -3.37. The second kappa shape index (κ2) is 9.71. The van der Waals surface area contributed by atoms with Crippen molar-refractivity contribution in [3.63, 3.8) is 0 Å². The number of nitrogens with one attached hydrogen (secondary N) is 2. The maximum absolute atomic E-state index is 12.5. The van der Waals surface area contributed by atoms with Crippen molar-refractivity contribution in [2.24, 2.45) is 0 Å². The topological polar surface area (TPSA) is 122 Å². The van der Waals surface area contributed by atoms with Crippen LogP contribution in [0.25, 0.3) is 0 Å². The average molecular weight is 411 g/mol. The molecule has 1 amide bonds. The summed E-state index contributed by atoms with van der Waals surface area (Å²) in [6.45, 7) is -1.09. The quantitative estimate of drug-likeness (QED) is 0.576. The molecule has 2 aromatic rings. The Labute approximate surface area is 165 Å². The van der Waals surface area contributed by atoms with Gasteiger partial charge in [-0.2, -0.15) is 8.78 Å². The molecule has 0 unspecified atom stereocenters. The van der Waals surface area contributed by atoms with Crippen molar-refractivity contribution >= 4 is 23.1 Å². The smallest absolute Gasteiger partial charge is 0.387 e. The number of carbonyl (C=O) groups is 1. The van der Waals surface area contributed by atoms with Crippen molar-refractivity contribution in [3.05, 3.63) is 45.1 Å². The summed E-state index contributed by atoms with van der Waals surface area (Å²) in [6, 6.07) is 5.72. The van der Waals surface area contributed by atoms with Crippen LogP contribution >= 0.6 is 0 Å². The second-order valence-corrected chi connectivity index (χ2v) is 6.28. The number of likely N-dealkylation sites (N-methyl/N-ethyl adjacent to an activating group) is 1. The molecule has 158 valence electrons. The van der Waals surface area contributed by atoms with Crippen LogP contribution in [0.1, 0.15) is 19.8 Å². The summed E-state index contributed by atoms with van der Waals surface area (Å²) in [5.41, 5.74) is 4.67. The van der Waals surface area contributed by atoms with Crippen LogP contribution in [0.15, 0.2) is 33.9 Å². The maximum Gasteiger partial charge on any atom is 0.387 e. The first-order chi connectivity index (χ1) is 13.7. The number of aromatic nitrogens is 2. The van der Waals surface area contributed by atoms with Gasteiger partial charge in [0, 0.05) is 13.6 Å². The van der Waals surface area contributed by atoms with E-state index in [4.69, 9.17) is 5.73 Å². The summed E-state index contributed by atoms with van der Waals surface area (Å²) < 4.78 is 30.6. The van der Waals surface area contributed by atoms with Gasteiger partial charge in [-0.3, -0.25) is 19.1 Å². The highest BCUT2D eigenvalue weighted by Gasteiger charge is 2.19. The number of hydrogen-bond acceptors (Lipinski definition) is 6. The van der Waals surface area contributed by atoms with E-state index in [0.29, 0.717) is 13.0 Å². The van der Waals surface area contributed by atoms with E-state index >= 15 is 0 Å². The molecule has 0 spiro atoms. The molecule has 0 radical (unpaired) electrons. The number of carbonyl (C=O) groups excluding carboxylic acids is 1. The number of alkyl halides is 2. The van der Waals surface area contributed by atoms with Gasteiger partial charge in [0.1, 0.15) is 17.3 Å². The van der Waals surface area contributed by atoms with E-state index in [0.717, 1.165) is 6.42 Å². The Balaban J connectivity index is 2.21. The van der Waals surface area contributed by atoms with Crippen molar-refractivity contribution in [1.29, 1.82) is 0 Å². The molecular formula is C18H23F2N5O4. The minimum absolute atomic E-state index is 0.0343. The number of halogens is 2. The number of nitrogens with two attached hydrogens (primary N) is 1. The first-order valence-electron chi connectivity index (χ1n) is 8.92. The molecule has 0 atom stereocenters. The standard InChI is InChI=1S/C18H23F2N5O4/c1-3-4-9-25-15(21)14(16(27)23-18(25)28)24(2)10-13(26)22-11-7-5-6-8-12(11)29-17(19)20/h5-8,17H,3-4,9-10,21H2,1-2H3,(H,22,26)(H,23,27,28). The predicted molar refractivity (Wildman–Crippen MR) is 106 cm³/mol. The molecular weight excluding hydrogens is 388 g/mol. The molecule has 0 aliphatic heterocycles. The third kappa shape index (κ3) is 5.56. The molecule has 2 rings (SSSR count). The number of H-pyrrole nitrogens is 1. The summed E-state index contributed by atoms with van der Waals surface area (Å²) in [4.78, 5) is 40.0. The van der Waals surface area contributed by atoms with Crippen LogP contribution in [0.2, 0.25) is 0 Å². The van der Waals surface area contributed by atoms with Crippen LogP contribution in [-0.4, -0.2) is 35.7 Å². The van der Waals surface area contributed by atoms with E-state index in [9.17, 15) is 23.2 Å². The van der Waals surface area contributed by atoms with Gasteiger partial charge in [-0.05, 0) is 18.6 Å². The molecule has 1 aromatic carbocycles. The first-order valence-corrected chi connectivity index (χ1v) is 8.92. The lowest BCUT2D eigenvalue weighted by Crippen LogP contribution is -2.39. The van der Waals surface area contributed by atoms with Crippen LogP contribution in [0.3, 0.4) is 0 Å². The van der Waals surface area contributed by atoms with Gasteiger partial charge >= 0.3 is 12.3 Å². The molecule has 0 aliphatic rings. The summed E-state index contributed by atoms with van der Waals surface area (Å²) in [5.74, 6) is -0.837. The van der Waals surface area contributed by atoms with Crippen LogP contribution in [0.5, 0.6) is 5.75 Å². The number of aromatic amines is 1. The number of benzene rings is 1. The molecule has 29 heavy (non-hydrogen) atoms. The Kier molecular flexibility index (Phi) is 7.34. The van der Waals surface area contributed by atoms with Crippen molar-refractivity contribution < 1.29 is 18.3 Å². The fraction of sp³-hybridized carbons (Fsp3) is 0.389. The van der Waals surface area contributed by atoms with Crippen LogP contribution in [0, 0.1) is 0 Å². The Morgan fingerprint density at radius 2 is 2.03 bits per heavy atom. The summed E-state index contributed by atoms with van der Waals surface area (Å²) in [7, 11) is 1.46. The van der Waals surface area contributed by atoms with E-state index < -0.39 is 23.8 Å². The number of ether oxygens (including phenoxy) is 1. The van der Waals surface area contributed by atoms with Crippen LogP contribution < -0.4 is 31.9 Å². The molecule has 4 N–H and O–H groups in total. The molecule has 0 saturated heterocycles. The van der Waals surface area contributed by atoms with Gasteiger partial charge in [-0.15, -0.1) is 0 Å². The van der Waals surface area contributed by atoms with Crippen molar-refractivity contribution in [2.75, 3.05) is 29.5 Å². The Morgan fingerprint density at radius 1 is 1.34 bits per heavy atom. The number of rotatable bonds is 9. The van der Waals surface area contributed by atoms with Gasteiger partial charge < -0.3 is 20.7 Å². The lowest BCUT2D eigenvalue weighted by Gasteiger charge is -2.21. The highest BCUT2D eigenvalue weighted by molar-refractivity contribution is 5.95. The number of unbranched alkanes of at least 4 members (excludes halogenated alkanes) is 1. The minimum atomic E-state index is -3.04. The number of nitrogens with zero attached hydrogens (tertiary/aromatic N) is 2. The largest absolute Gasteiger partial charge is 0.433 e. The van der Waals surface area contributed by atoms with Gasteiger partial charge in [0.15, 0.2) is 0 Å². The van der Waals surface area contributed by atoms with Gasteiger partial charge in [0.25, 0.3) is 5.56 Å². The van der Waals surface area contributed by atoms with E-state index in [1.165, 1.54) is 34.7 Å². The highest BCUT2D eigenvalue weighted by atomic mass is 19.3. The molecule has 1 aromatic heterocycles. The molecule has 0 saturated carbocycles. The van der Waals surface area contributed by atoms with E-state index in [1.54, 1.807) is 6.07 Å². The molecule has 1 heterocycles. The van der Waals surface area contributed by atoms with Crippen molar-refractivity contribution in [2.45, 2.75) is 32.9 Å². The Bertz CT molecular complexity index is 973. The molecule has 11 heteroatoms. The van der Waals surface area contributed by atoms with E-state index in [2.05, 4.69) is 15.0 Å². The molecule has 9 nitrogen and oxygen atoms in total. The third-order valence-corrected chi connectivity index (χ3v) is 4.09. The fourth-order valence-electron chi connectivity index (χ4n) is 2.74. The summed E-state index contributed by atoms with van der Waals surface area (Å²) in [5, 5.41) is 2.46. The van der Waals surface area contributed by atoms with E-state index in [1.807, 2.05) is 6.92 Å². The lowest BCUT2D eigenvalue weighted by atomic mass is 10.3. The number of amides is 1. The molecule has 0 aliphatic carbocycles. The SMILES string of the molecule is CCCCn1c(N)c(N(C)CC(=O)Nc2ccccc2OC(F)F)c(=O)[nH]c1=O. The monoisotopic (exact) mass is 411 g/mol. The van der Waals surface area contributed by atoms with Crippen LogP contribution in [0.4, 0.5) is 26.0 Å². The predicted octanol–water partition coefficient (Wildman–Crippen LogP) is 1.60. The van der Waals surface area contributed by atoms with Crippen molar-refractivity contribution in [1.82, 2.24) is 9.55 Å². The van der Waals surface area contributed by atoms with Gasteiger partial charge in [-0.1, -0.05) is 25.5 Å². The lowest BCUT2D eigenvalue weighted by molar-refractivity contribution is -0.115. The number of para-hydroxylation sites is 2. The third-order valence-electron chi connectivity index (χ3n) is 4.09. The molecule has 0 fully saturated rings. The van der Waals surface area contributed by atoms with Gasteiger partial charge in [0.05, 0.1) is 12.2 Å². The number of anilines is 3. The normalized spacial score (nSPS) is 10.8. The average Bonchev–Trinajstić information content (AvgIpc) is 2.62. The highest BCUT2D eigenvalue weighted by Crippen LogP contribution is 2.25. The van der Waals surface area contributed by atoms with Crippen LogP contribution in [-0.2, 0) is 11.3 Å². The first kappa shape index (κ1) is 21.9. The number of nitrogen functional groups attached to an aromatic ring is 1. The Morgan fingerprint density at radius 3 is 2.69 bits per heavy atom. The summed E-state index contributed by atoms with van der Waals surface area (Å²) >= 11 is 0. The van der Waals surface area contributed by atoms with Crippen molar-refractivity contribution in [3.8, 4) is 5.75 Å².